The zero-order chi connectivity index (χ0) is 36.7. The fourth-order valence-corrected chi connectivity index (χ4v) is 9.91. The maximum atomic E-state index is 6.71. The summed E-state index contributed by atoms with van der Waals surface area (Å²) in [6.45, 7) is 4.67. The molecule has 3 heterocycles. The summed E-state index contributed by atoms with van der Waals surface area (Å²) in [7, 11) is 0. The monoisotopic (exact) mass is 724 g/mol. The number of benzene rings is 8. The highest BCUT2D eigenvalue weighted by Crippen LogP contribution is 2.53. The van der Waals surface area contributed by atoms with E-state index in [4.69, 9.17) is 4.42 Å². The van der Waals surface area contributed by atoms with Gasteiger partial charge in [-0.25, -0.2) is 0 Å². The summed E-state index contributed by atoms with van der Waals surface area (Å²) in [5.41, 5.74) is 13.3. The molecule has 4 heteroatoms. The molecule has 0 amide bonds. The van der Waals surface area contributed by atoms with E-state index in [0.29, 0.717) is 0 Å². The lowest BCUT2D eigenvalue weighted by Crippen LogP contribution is -2.30. The van der Waals surface area contributed by atoms with Crippen molar-refractivity contribution < 1.29 is 4.42 Å². The van der Waals surface area contributed by atoms with Gasteiger partial charge in [0.1, 0.15) is 11.2 Å². The molecule has 11 rings (SSSR count). The Labute approximate surface area is 323 Å². The first-order valence-electron chi connectivity index (χ1n) is 18.8. The lowest BCUT2D eigenvalue weighted by atomic mass is 9.73. The number of anilines is 6. The first kappa shape index (κ1) is 31.9. The molecule has 1 aliphatic rings. The summed E-state index contributed by atoms with van der Waals surface area (Å²) >= 11 is 1.85. The normalized spacial score (nSPS) is 13.4. The summed E-state index contributed by atoms with van der Waals surface area (Å²) in [5, 5.41) is 4.83. The number of thiophene rings is 1. The van der Waals surface area contributed by atoms with Gasteiger partial charge in [0.05, 0.1) is 11.4 Å². The molecule has 0 saturated heterocycles. The predicted molar refractivity (Wildman–Crippen MR) is 234 cm³/mol. The second kappa shape index (κ2) is 12.2. The van der Waals surface area contributed by atoms with Gasteiger partial charge in [-0.05, 0) is 89.5 Å². The first-order chi connectivity index (χ1) is 27.0. The van der Waals surface area contributed by atoms with Gasteiger partial charge >= 0.3 is 0 Å². The highest BCUT2D eigenvalue weighted by Gasteiger charge is 2.37. The third-order valence-corrected chi connectivity index (χ3v) is 12.6. The van der Waals surface area contributed by atoms with Gasteiger partial charge in [-0.15, -0.1) is 11.3 Å². The van der Waals surface area contributed by atoms with Crippen molar-refractivity contribution in [2.24, 2.45) is 0 Å². The van der Waals surface area contributed by atoms with Crippen molar-refractivity contribution in [2.45, 2.75) is 19.3 Å². The highest BCUT2D eigenvalue weighted by atomic mass is 32.1. The number of fused-ring (bicyclic) bond motifs is 8. The highest BCUT2D eigenvalue weighted by molar-refractivity contribution is 7.25. The van der Waals surface area contributed by atoms with Crippen LogP contribution in [0.5, 0.6) is 0 Å². The van der Waals surface area contributed by atoms with Crippen LogP contribution in [-0.2, 0) is 5.41 Å². The van der Waals surface area contributed by atoms with E-state index in [2.05, 4.69) is 200 Å². The van der Waals surface area contributed by atoms with E-state index in [9.17, 15) is 0 Å². The maximum Gasteiger partial charge on any atom is 0.143 e. The SMILES string of the molecule is CC1(C)c2ccccc2N(c2cc(-c3ccc(N(c4ccccc4)c4ccc5c(c4)sc4ccccc45)cc3)c3oc4ccccc4c3c2)c2ccccc21. The molecule has 0 aliphatic carbocycles. The topological polar surface area (TPSA) is 19.6 Å². The van der Waals surface area contributed by atoms with Crippen molar-refractivity contribution in [1.29, 1.82) is 0 Å². The van der Waals surface area contributed by atoms with Gasteiger partial charge < -0.3 is 14.2 Å². The molecule has 1 aliphatic heterocycles. The number of hydrogen-bond acceptors (Lipinski definition) is 4. The molecular weight excluding hydrogens is 689 g/mol. The second-order valence-corrected chi connectivity index (χ2v) is 16.0. The molecule has 0 radical (unpaired) electrons. The summed E-state index contributed by atoms with van der Waals surface area (Å²) in [6, 6.07) is 65.9. The molecule has 3 nitrogen and oxygen atoms in total. The van der Waals surface area contributed by atoms with Crippen LogP contribution in [0.1, 0.15) is 25.0 Å². The molecule has 0 fully saturated rings. The van der Waals surface area contributed by atoms with Gasteiger partial charge in [0.2, 0.25) is 0 Å². The molecule has 55 heavy (non-hydrogen) atoms. The van der Waals surface area contributed by atoms with Gasteiger partial charge in [0.15, 0.2) is 0 Å². The van der Waals surface area contributed by atoms with E-state index >= 15 is 0 Å². The number of furan rings is 1. The third kappa shape index (κ3) is 4.95. The minimum atomic E-state index is -0.138. The van der Waals surface area contributed by atoms with E-state index < -0.39 is 0 Å². The van der Waals surface area contributed by atoms with Gasteiger partial charge in [-0.3, -0.25) is 0 Å². The van der Waals surface area contributed by atoms with Crippen LogP contribution < -0.4 is 9.80 Å². The molecule has 10 aromatic rings. The van der Waals surface area contributed by atoms with E-state index in [1.165, 1.54) is 42.7 Å². The standard InChI is InChI=1S/C51H36N2OS/c1-51(2)43-18-8-10-20-45(43)53(46-21-11-9-19-44(46)51)37-30-41(50-42(31-37)38-16-6-12-22-47(38)54-50)33-24-26-35(27-25-33)52(34-14-4-3-5-15-34)36-28-29-40-39-17-7-13-23-48(39)55-49(40)32-36/h3-32H,1-2H3. The van der Waals surface area contributed by atoms with Gasteiger partial charge in [-0.2, -0.15) is 0 Å². The van der Waals surface area contributed by atoms with Crippen LogP contribution in [0.4, 0.5) is 34.1 Å². The molecular formula is C51H36N2OS. The smallest absolute Gasteiger partial charge is 0.143 e. The predicted octanol–water partition coefficient (Wildman–Crippen LogP) is 15.2. The molecule has 262 valence electrons. The number of rotatable bonds is 5. The Morgan fingerprint density at radius 1 is 0.491 bits per heavy atom. The van der Waals surface area contributed by atoms with E-state index in [-0.39, 0.29) is 5.41 Å². The Balaban J connectivity index is 1.08. The maximum absolute atomic E-state index is 6.71. The number of nitrogens with zero attached hydrogens (tertiary/aromatic N) is 2. The molecule has 0 unspecified atom stereocenters. The van der Waals surface area contributed by atoms with Gasteiger partial charge in [0, 0.05) is 64.7 Å². The fourth-order valence-electron chi connectivity index (χ4n) is 8.77. The van der Waals surface area contributed by atoms with E-state index in [0.717, 1.165) is 55.8 Å². The Morgan fingerprint density at radius 2 is 1.09 bits per heavy atom. The first-order valence-corrected chi connectivity index (χ1v) is 19.7. The summed E-state index contributed by atoms with van der Waals surface area (Å²) in [6.07, 6.45) is 0. The fraction of sp³-hybridized carbons (Fsp3) is 0.0588. The molecule has 0 atom stereocenters. The molecule has 8 aromatic carbocycles. The Hall–Kier alpha value is -6.62. The van der Waals surface area contributed by atoms with Crippen molar-refractivity contribution in [2.75, 3.05) is 9.80 Å². The minimum Gasteiger partial charge on any atom is -0.455 e. The largest absolute Gasteiger partial charge is 0.455 e. The van der Waals surface area contributed by atoms with Crippen molar-refractivity contribution in [3.05, 3.63) is 193 Å². The molecule has 0 saturated carbocycles. The Morgan fingerprint density at radius 3 is 1.85 bits per heavy atom. The summed E-state index contributed by atoms with van der Waals surface area (Å²) in [4.78, 5) is 4.79. The Bertz CT molecular complexity index is 3030. The lowest BCUT2D eigenvalue weighted by molar-refractivity contribution is 0.632. The van der Waals surface area contributed by atoms with Crippen molar-refractivity contribution in [3.63, 3.8) is 0 Å². The number of para-hydroxylation sites is 4. The summed E-state index contributed by atoms with van der Waals surface area (Å²) < 4.78 is 9.30. The average Bonchev–Trinajstić information content (AvgIpc) is 3.80. The van der Waals surface area contributed by atoms with E-state index in [1.54, 1.807) is 0 Å². The van der Waals surface area contributed by atoms with Crippen molar-refractivity contribution in [1.82, 2.24) is 0 Å². The zero-order valence-corrected chi connectivity index (χ0v) is 31.3. The average molecular weight is 725 g/mol. The zero-order valence-electron chi connectivity index (χ0n) is 30.5. The van der Waals surface area contributed by atoms with Crippen LogP contribution in [-0.4, -0.2) is 0 Å². The second-order valence-electron chi connectivity index (χ2n) is 15.0. The molecule has 2 aromatic heterocycles. The quantitative estimate of drug-likeness (QED) is 0.176. The van der Waals surface area contributed by atoms with Crippen LogP contribution in [0.2, 0.25) is 0 Å². The van der Waals surface area contributed by atoms with Crippen LogP contribution in [0.15, 0.2) is 186 Å². The molecule has 0 spiro atoms. The van der Waals surface area contributed by atoms with Crippen molar-refractivity contribution >= 4 is 87.6 Å². The minimum absolute atomic E-state index is 0.138. The third-order valence-electron chi connectivity index (χ3n) is 11.4. The van der Waals surface area contributed by atoms with Crippen LogP contribution in [0.25, 0.3) is 53.2 Å². The van der Waals surface area contributed by atoms with Gasteiger partial charge in [-0.1, -0.05) is 123 Å². The molecule has 0 bridgehead atoms. The van der Waals surface area contributed by atoms with Crippen molar-refractivity contribution in [3.8, 4) is 11.1 Å². The summed E-state index contributed by atoms with van der Waals surface area (Å²) in [5.74, 6) is 0. The lowest BCUT2D eigenvalue weighted by Gasteiger charge is -2.42. The van der Waals surface area contributed by atoms with Gasteiger partial charge in [0.25, 0.3) is 0 Å². The van der Waals surface area contributed by atoms with Crippen LogP contribution in [0.3, 0.4) is 0 Å². The Kier molecular flexibility index (Phi) is 7.07. The van der Waals surface area contributed by atoms with Crippen LogP contribution in [0, 0.1) is 0 Å². The van der Waals surface area contributed by atoms with Crippen LogP contribution >= 0.6 is 11.3 Å². The number of hydrogen-bond donors (Lipinski definition) is 0. The molecule has 0 N–H and O–H groups in total. The van der Waals surface area contributed by atoms with E-state index in [1.807, 2.05) is 17.4 Å².